The molecule has 1 aromatic heterocycles. The molecule has 2 amide bonds. The molecule has 0 fully saturated rings. The van der Waals surface area contributed by atoms with E-state index >= 15 is 0 Å². The molecule has 0 spiro atoms. The second-order valence-electron chi connectivity index (χ2n) is 4.41. The average molecular weight is 271 g/mol. The van der Waals surface area contributed by atoms with Crippen LogP contribution in [0.3, 0.4) is 0 Å². The lowest BCUT2D eigenvalue weighted by atomic mass is 10.0. The minimum Gasteiger partial charge on any atom is -0.480 e. The van der Waals surface area contributed by atoms with Gasteiger partial charge in [-0.25, -0.2) is 14.6 Å². The molecular formula is C11H17N3O3S. The van der Waals surface area contributed by atoms with Gasteiger partial charge in [-0.05, 0) is 19.3 Å². The number of nitrogens with zero attached hydrogens (tertiary/aromatic N) is 1. The molecule has 1 rings (SSSR count). The fraction of sp³-hybridized carbons (Fsp3) is 0.545. The molecule has 0 bridgehead atoms. The van der Waals surface area contributed by atoms with Crippen LogP contribution in [0.2, 0.25) is 0 Å². The summed E-state index contributed by atoms with van der Waals surface area (Å²) in [5, 5.41) is 16.2. The van der Waals surface area contributed by atoms with Gasteiger partial charge in [0.25, 0.3) is 0 Å². The summed E-state index contributed by atoms with van der Waals surface area (Å²) >= 11 is 1.30. The SMILES string of the molecule is Cc1csc(NC(=O)N[C@H](CC(C)C)C(=O)O)n1. The molecule has 0 saturated carbocycles. The maximum atomic E-state index is 11.6. The predicted octanol–water partition coefficient (Wildman–Crippen LogP) is 2.07. The van der Waals surface area contributed by atoms with Gasteiger partial charge in [-0.15, -0.1) is 11.3 Å². The van der Waals surface area contributed by atoms with Gasteiger partial charge in [0.15, 0.2) is 5.13 Å². The number of amides is 2. The Balaban J connectivity index is 2.53. The molecule has 7 heteroatoms. The number of nitrogens with one attached hydrogen (secondary N) is 2. The highest BCUT2D eigenvalue weighted by Crippen LogP contribution is 2.14. The van der Waals surface area contributed by atoms with Crippen LogP contribution in [-0.2, 0) is 4.79 Å². The van der Waals surface area contributed by atoms with Crippen molar-refractivity contribution in [2.45, 2.75) is 33.2 Å². The summed E-state index contributed by atoms with van der Waals surface area (Å²) < 4.78 is 0. The Labute approximate surface area is 109 Å². The summed E-state index contributed by atoms with van der Waals surface area (Å²) in [4.78, 5) is 26.6. The first-order chi connectivity index (χ1) is 8.38. The number of aryl methyl sites for hydroxylation is 1. The van der Waals surface area contributed by atoms with E-state index in [1.807, 2.05) is 20.8 Å². The van der Waals surface area contributed by atoms with Crippen molar-refractivity contribution in [2.75, 3.05) is 5.32 Å². The van der Waals surface area contributed by atoms with Gasteiger partial charge in [-0.2, -0.15) is 0 Å². The molecule has 6 nitrogen and oxygen atoms in total. The van der Waals surface area contributed by atoms with Crippen LogP contribution in [-0.4, -0.2) is 28.1 Å². The van der Waals surface area contributed by atoms with Gasteiger partial charge < -0.3 is 10.4 Å². The number of hydrogen-bond donors (Lipinski definition) is 3. The van der Waals surface area contributed by atoms with Crippen LogP contribution < -0.4 is 10.6 Å². The lowest BCUT2D eigenvalue weighted by Crippen LogP contribution is -2.43. The molecule has 0 unspecified atom stereocenters. The molecule has 0 saturated heterocycles. The van der Waals surface area contributed by atoms with E-state index in [1.165, 1.54) is 11.3 Å². The Hall–Kier alpha value is -1.63. The summed E-state index contributed by atoms with van der Waals surface area (Å²) in [5.41, 5.74) is 0.812. The van der Waals surface area contributed by atoms with Gasteiger partial charge in [0, 0.05) is 5.38 Å². The number of thiazole rings is 1. The summed E-state index contributed by atoms with van der Waals surface area (Å²) in [6.45, 7) is 5.62. The Kier molecular flexibility index (Phi) is 5.08. The quantitative estimate of drug-likeness (QED) is 0.764. The molecule has 0 aliphatic heterocycles. The van der Waals surface area contributed by atoms with Crippen LogP contribution in [0.15, 0.2) is 5.38 Å². The summed E-state index contributed by atoms with van der Waals surface area (Å²) in [6.07, 6.45) is 0.389. The Morgan fingerprint density at radius 3 is 2.61 bits per heavy atom. The number of rotatable bonds is 5. The molecule has 18 heavy (non-hydrogen) atoms. The third-order valence-electron chi connectivity index (χ3n) is 2.15. The van der Waals surface area contributed by atoms with Crippen LogP contribution in [0, 0.1) is 12.8 Å². The molecule has 0 aliphatic carbocycles. The molecular weight excluding hydrogens is 254 g/mol. The second kappa shape index (κ2) is 6.34. The van der Waals surface area contributed by atoms with Gasteiger partial charge in [-0.3, -0.25) is 5.32 Å². The Morgan fingerprint density at radius 1 is 1.50 bits per heavy atom. The highest BCUT2D eigenvalue weighted by molar-refractivity contribution is 7.13. The Morgan fingerprint density at radius 2 is 2.17 bits per heavy atom. The molecule has 1 aromatic rings. The minimum atomic E-state index is -1.03. The molecule has 1 heterocycles. The normalized spacial score (nSPS) is 12.2. The number of carbonyl (C=O) groups is 2. The van der Waals surface area contributed by atoms with Crippen LogP contribution >= 0.6 is 11.3 Å². The zero-order valence-corrected chi connectivity index (χ0v) is 11.4. The molecule has 0 radical (unpaired) electrons. The maximum Gasteiger partial charge on any atom is 0.326 e. The van der Waals surface area contributed by atoms with Crippen molar-refractivity contribution in [2.24, 2.45) is 5.92 Å². The number of hydrogen-bond acceptors (Lipinski definition) is 4. The van der Waals surface area contributed by atoms with Crippen molar-refractivity contribution >= 4 is 28.5 Å². The topological polar surface area (TPSA) is 91.3 Å². The van der Waals surface area contributed by atoms with Gasteiger partial charge in [-0.1, -0.05) is 13.8 Å². The van der Waals surface area contributed by atoms with Crippen molar-refractivity contribution in [1.82, 2.24) is 10.3 Å². The van der Waals surface area contributed by atoms with Crippen molar-refractivity contribution in [3.8, 4) is 0 Å². The molecule has 3 N–H and O–H groups in total. The van der Waals surface area contributed by atoms with E-state index in [0.29, 0.717) is 11.6 Å². The standard InChI is InChI=1S/C11H17N3O3S/c1-6(2)4-8(9(15)16)13-10(17)14-11-12-7(3)5-18-11/h5-6,8H,4H2,1-3H3,(H,15,16)(H2,12,13,14,17)/t8-/m1/s1. The first-order valence-corrected chi connectivity index (χ1v) is 6.49. The molecule has 0 aromatic carbocycles. The maximum absolute atomic E-state index is 11.6. The van der Waals surface area contributed by atoms with Gasteiger partial charge in [0.2, 0.25) is 0 Å². The second-order valence-corrected chi connectivity index (χ2v) is 5.27. The van der Waals surface area contributed by atoms with E-state index in [9.17, 15) is 9.59 Å². The monoisotopic (exact) mass is 271 g/mol. The van der Waals surface area contributed by atoms with Crippen LogP contribution in [0.5, 0.6) is 0 Å². The summed E-state index contributed by atoms with van der Waals surface area (Å²) in [7, 11) is 0. The van der Waals surface area contributed by atoms with Gasteiger partial charge >= 0.3 is 12.0 Å². The highest BCUT2D eigenvalue weighted by Gasteiger charge is 2.21. The van der Waals surface area contributed by atoms with Crippen molar-refractivity contribution in [1.29, 1.82) is 0 Å². The number of carboxylic acids is 1. The lowest BCUT2D eigenvalue weighted by Gasteiger charge is -2.16. The average Bonchev–Trinajstić information content (AvgIpc) is 2.62. The zero-order valence-electron chi connectivity index (χ0n) is 10.6. The van der Waals surface area contributed by atoms with E-state index in [1.54, 1.807) is 5.38 Å². The third-order valence-corrected chi connectivity index (χ3v) is 3.03. The van der Waals surface area contributed by atoms with Crippen LogP contribution in [0.25, 0.3) is 0 Å². The largest absolute Gasteiger partial charge is 0.480 e. The van der Waals surface area contributed by atoms with Crippen molar-refractivity contribution < 1.29 is 14.7 Å². The first-order valence-electron chi connectivity index (χ1n) is 5.61. The van der Waals surface area contributed by atoms with Crippen molar-refractivity contribution in [3.05, 3.63) is 11.1 Å². The highest BCUT2D eigenvalue weighted by atomic mass is 32.1. The lowest BCUT2D eigenvalue weighted by molar-refractivity contribution is -0.139. The van der Waals surface area contributed by atoms with E-state index in [4.69, 9.17) is 5.11 Å². The Bertz CT molecular complexity index is 431. The zero-order chi connectivity index (χ0) is 13.7. The first kappa shape index (κ1) is 14.4. The van der Waals surface area contributed by atoms with E-state index < -0.39 is 18.0 Å². The molecule has 100 valence electrons. The van der Waals surface area contributed by atoms with Gasteiger partial charge in [0.1, 0.15) is 6.04 Å². The fourth-order valence-corrected chi connectivity index (χ4v) is 2.08. The number of carboxylic acid groups (broad SMARTS) is 1. The number of aromatic nitrogens is 1. The third kappa shape index (κ3) is 4.70. The van der Waals surface area contributed by atoms with Crippen molar-refractivity contribution in [3.63, 3.8) is 0 Å². The number of urea groups is 1. The van der Waals surface area contributed by atoms with E-state index in [2.05, 4.69) is 15.6 Å². The smallest absolute Gasteiger partial charge is 0.326 e. The van der Waals surface area contributed by atoms with Crippen LogP contribution in [0.4, 0.5) is 9.93 Å². The number of aliphatic carboxylic acids is 1. The van der Waals surface area contributed by atoms with Crippen LogP contribution in [0.1, 0.15) is 26.0 Å². The molecule has 1 atom stereocenters. The summed E-state index contributed by atoms with van der Waals surface area (Å²) in [5.74, 6) is -0.845. The van der Waals surface area contributed by atoms with E-state index in [-0.39, 0.29) is 5.92 Å². The fourth-order valence-electron chi connectivity index (χ4n) is 1.40. The number of anilines is 1. The minimum absolute atomic E-state index is 0.188. The predicted molar refractivity (Wildman–Crippen MR) is 69.9 cm³/mol. The number of carbonyl (C=O) groups excluding carboxylic acids is 1. The summed E-state index contributed by atoms with van der Waals surface area (Å²) in [6, 6.07) is -1.43. The van der Waals surface area contributed by atoms with E-state index in [0.717, 1.165) is 5.69 Å². The van der Waals surface area contributed by atoms with Gasteiger partial charge in [0.05, 0.1) is 5.69 Å². The molecule has 0 aliphatic rings.